The van der Waals surface area contributed by atoms with E-state index in [9.17, 15) is 10.1 Å². The first-order valence-electron chi connectivity index (χ1n) is 1.78. The summed E-state index contributed by atoms with van der Waals surface area (Å²) in [7, 11) is 0. The summed E-state index contributed by atoms with van der Waals surface area (Å²) >= 11 is 4.54. The maximum Gasteiger partial charge on any atom is 0.348 e. The first-order chi connectivity index (χ1) is 3.63. The molecule has 1 unspecified atom stereocenters. The summed E-state index contributed by atoms with van der Waals surface area (Å²) in [5.74, 6) is 0. The molecule has 0 rings (SSSR count). The van der Waals surface area contributed by atoms with Crippen molar-refractivity contribution in [2.75, 3.05) is 13.4 Å². The minimum absolute atomic E-state index is 0.467. The number of hydrogen-bond acceptors (Lipinski definition) is 4. The van der Waals surface area contributed by atoms with Crippen molar-refractivity contribution in [3.63, 3.8) is 0 Å². The van der Waals surface area contributed by atoms with Crippen molar-refractivity contribution in [2.24, 2.45) is 0 Å². The van der Waals surface area contributed by atoms with Gasteiger partial charge in [-0.3, -0.25) is 10.1 Å². The van der Waals surface area contributed by atoms with Crippen LogP contribution in [0.15, 0.2) is 0 Å². The van der Waals surface area contributed by atoms with E-state index in [0.717, 1.165) is 0 Å². The average Bonchev–Trinajstić information content (AvgIpc) is 1.61. The van der Waals surface area contributed by atoms with Gasteiger partial charge in [0.1, 0.15) is 6.66 Å². The van der Waals surface area contributed by atoms with Crippen LogP contribution in [0.1, 0.15) is 0 Å². The topological polar surface area (TPSA) is 52.4 Å². The standard InChI is InChI=1S/C2H5NO3PS/c1-7(8)6-2-3(4)5/h2H2,1H3/q+1. The van der Waals surface area contributed by atoms with Gasteiger partial charge in [0.25, 0.3) is 0 Å². The molecule has 0 saturated carbocycles. The Labute approximate surface area is 52.5 Å². The molecule has 8 heavy (non-hydrogen) atoms. The van der Waals surface area contributed by atoms with Gasteiger partial charge in [0.05, 0.1) is 4.92 Å². The van der Waals surface area contributed by atoms with Crippen LogP contribution >= 0.6 is 6.92 Å². The van der Waals surface area contributed by atoms with Gasteiger partial charge in [0.2, 0.25) is 0 Å². The van der Waals surface area contributed by atoms with Crippen molar-refractivity contribution in [3.05, 3.63) is 10.1 Å². The van der Waals surface area contributed by atoms with E-state index in [0.29, 0.717) is 0 Å². The van der Waals surface area contributed by atoms with E-state index in [1.54, 1.807) is 6.66 Å². The zero-order chi connectivity index (χ0) is 6.57. The highest BCUT2D eigenvalue weighted by atomic mass is 32.4. The Bertz CT molecular complexity index is 102. The zero-order valence-electron chi connectivity index (χ0n) is 4.23. The van der Waals surface area contributed by atoms with Gasteiger partial charge in [-0.05, 0) is 0 Å². The summed E-state index contributed by atoms with van der Waals surface area (Å²) in [5, 5.41) is 9.55. The zero-order valence-corrected chi connectivity index (χ0v) is 5.95. The van der Waals surface area contributed by atoms with Gasteiger partial charge in [-0.25, -0.2) is 0 Å². The maximum absolute atomic E-state index is 9.55. The number of nitro groups is 1. The van der Waals surface area contributed by atoms with E-state index in [1.807, 2.05) is 0 Å². The van der Waals surface area contributed by atoms with Crippen LogP contribution in [-0.4, -0.2) is 18.3 Å². The smallest absolute Gasteiger partial charge is 0.262 e. The molecule has 0 radical (unpaired) electrons. The second-order valence-corrected chi connectivity index (χ2v) is 3.71. The Morgan fingerprint density at radius 1 is 2.00 bits per heavy atom. The molecule has 0 aromatic rings. The molecule has 0 aliphatic rings. The minimum Gasteiger partial charge on any atom is -0.262 e. The molecule has 1 atom stereocenters. The molecule has 0 heterocycles. The van der Waals surface area contributed by atoms with Crippen molar-refractivity contribution < 1.29 is 9.45 Å². The van der Waals surface area contributed by atoms with Crippen molar-refractivity contribution in [1.29, 1.82) is 0 Å². The SMILES string of the molecule is C[P+](=S)OC[N+](=O)[O-]. The van der Waals surface area contributed by atoms with Crippen LogP contribution in [0, 0.1) is 10.1 Å². The summed E-state index contributed by atoms with van der Waals surface area (Å²) in [6, 6.07) is 0. The molecule has 0 N–H and O–H groups in total. The third-order valence-electron chi connectivity index (χ3n) is 0.345. The van der Waals surface area contributed by atoms with Crippen LogP contribution in [0.3, 0.4) is 0 Å². The Morgan fingerprint density at radius 3 is 2.62 bits per heavy atom. The maximum atomic E-state index is 9.55. The van der Waals surface area contributed by atoms with Crippen molar-refractivity contribution in [1.82, 2.24) is 0 Å². The molecule has 0 spiro atoms. The Morgan fingerprint density at radius 2 is 2.50 bits per heavy atom. The lowest BCUT2D eigenvalue weighted by atomic mass is 11.4. The highest BCUT2D eigenvalue weighted by molar-refractivity contribution is 8.02. The van der Waals surface area contributed by atoms with Gasteiger partial charge in [0.15, 0.2) is 11.8 Å². The number of rotatable bonds is 3. The van der Waals surface area contributed by atoms with E-state index in [2.05, 4.69) is 16.3 Å². The fourth-order valence-electron chi connectivity index (χ4n) is 0.128. The molecule has 0 aliphatic heterocycles. The minimum atomic E-state index is -0.991. The molecule has 0 saturated heterocycles. The van der Waals surface area contributed by atoms with E-state index in [-0.39, 0.29) is 0 Å². The lowest BCUT2D eigenvalue weighted by Crippen LogP contribution is -1.99. The van der Waals surface area contributed by atoms with Crippen LogP contribution in [0.5, 0.6) is 0 Å². The van der Waals surface area contributed by atoms with Gasteiger partial charge >= 0.3 is 13.7 Å². The number of nitrogens with zero attached hydrogens (tertiary/aromatic N) is 1. The van der Waals surface area contributed by atoms with E-state index >= 15 is 0 Å². The van der Waals surface area contributed by atoms with Crippen LogP contribution in [0.25, 0.3) is 0 Å². The molecule has 0 bridgehead atoms. The predicted molar refractivity (Wildman–Crippen MR) is 33.2 cm³/mol. The largest absolute Gasteiger partial charge is 0.348 e. The second-order valence-electron chi connectivity index (χ2n) is 1.03. The molecule has 0 aliphatic carbocycles. The average molecular weight is 154 g/mol. The third-order valence-corrected chi connectivity index (χ3v) is 1.14. The molecule has 0 fully saturated rings. The summed E-state index contributed by atoms with van der Waals surface area (Å²) < 4.78 is 4.48. The van der Waals surface area contributed by atoms with E-state index in [4.69, 9.17) is 0 Å². The molecular weight excluding hydrogens is 149 g/mol. The normalized spacial score (nSPS) is 10.9. The molecule has 0 amide bonds. The first-order valence-corrected chi connectivity index (χ1v) is 4.50. The molecule has 6 heteroatoms. The fraction of sp³-hybridized carbons (Fsp3) is 1.00. The predicted octanol–water partition coefficient (Wildman–Crippen LogP) is 0.726. The van der Waals surface area contributed by atoms with Gasteiger partial charge in [-0.1, -0.05) is 4.52 Å². The summed E-state index contributed by atoms with van der Waals surface area (Å²) in [6.45, 7) is 0.175. The summed E-state index contributed by atoms with van der Waals surface area (Å²) in [5.41, 5.74) is 0. The first kappa shape index (κ1) is 7.88. The van der Waals surface area contributed by atoms with Gasteiger partial charge in [0, 0.05) is 0 Å². The molecule has 46 valence electrons. The van der Waals surface area contributed by atoms with Gasteiger partial charge < -0.3 is 0 Å². The molecule has 0 aromatic carbocycles. The van der Waals surface area contributed by atoms with Crippen LogP contribution in [0.4, 0.5) is 0 Å². The van der Waals surface area contributed by atoms with Crippen LogP contribution in [0.2, 0.25) is 0 Å². The summed E-state index contributed by atoms with van der Waals surface area (Å²) in [6.07, 6.45) is 0. The van der Waals surface area contributed by atoms with Crippen LogP contribution < -0.4 is 0 Å². The summed E-state index contributed by atoms with van der Waals surface area (Å²) in [4.78, 5) is 9.00. The van der Waals surface area contributed by atoms with E-state index < -0.39 is 18.6 Å². The molecule has 4 nitrogen and oxygen atoms in total. The van der Waals surface area contributed by atoms with Gasteiger partial charge in [-0.2, -0.15) is 0 Å². The second kappa shape index (κ2) is 3.83. The Balaban J connectivity index is 3.18. The lowest BCUT2D eigenvalue weighted by molar-refractivity contribution is -0.513. The lowest BCUT2D eigenvalue weighted by Gasteiger charge is -1.80. The van der Waals surface area contributed by atoms with Crippen molar-refractivity contribution in [3.8, 4) is 0 Å². The molecule has 0 aromatic heterocycles. The monoisotopic (exact) mass is 154 g/mol. The van der Waals surface area contributed by atoms with E-state index in [1.165, 1.54) is 0 Å². The Kier molecular flexibility index (Phi) is 3.77. The Hall–Kier alpha value is -0.120. The van der Waals surface area contributed by atoms with Crippen LogP contribution in [-0.2, 0) is 16.3 Å². The highest BCUT2D eigenvalue weighted by Crippen LogP contribution is 2.14. The van der Waals surface area contributed by atoms with Crippen molar-refractivity contribution >= 4 is 18.7 Å². The fourth-order valence-corrected chi connectivity index (χ4v) is 0.527. The van der Waals surface area contributed by atoms with Gasteiger partial charge in [-0.15, -0.1) is 0 Å². The molecular formula is C2H5NO3PS+. The quantitative estimate of drug-likeness (QED) is 0.260. The highest BCUT2D eigenvalue weighted by Gasteiger charge is 2.05. The van der Waals surface area contributed by atoms with Crippen molar-refractivity contribution in [2.45, 2.75) is 0 Å². The number of hydrogen-bond donors (Lipinski definition) is 0. The third kappa shape index (κ3) is 5.88.